The summed E-state index contributed by atoms with van der Waals surface area (Å²) in [6.07, 6.45) is 1.56. The van der Waals surface area contributed by atoms with Crippen LogP contribution < -0.4 is 10.7 Å². The lowest BCUT2D eigenvalue weighted by Crippen LogP contribution is -2.37. The predicted octanol–water partition coefficient (Wildman–Crippen LogP) is 1.83. The van der Waals surface area contributed by atoms with Crippen LogP contribution in [0.5, 0.6) is 0 Å². The Morgan fingerprint density at radius 3 is 2.73 bits per heavy atom. The molecule has 5 nitrogen and oxygen atoms in total. The highest BCUT2D eigenvalue weighted by Crippen LogP contribution is 2.30. The lowest BCUT2D eigenvalue weighted by atomic mass is 10.1. The van der Waals surface area contributed by atoms with E-state index >= 15 is 0 Å². The molecule has 0 spiro atoms. The summed E-state index contributed by atoms with van der Waals surface area (Å²) in [6.45, 7) is 1.70. The highest BCUT2D eigenvalue weighted by atomic mass is 32.1. The van der Waals surface area contributed by atoms with E-state index in [1.165, 1.54) is 17.7 Å². The molecule has 0 bridgehead atoms. The number of carboxylic acids is 1. The predicted molar refractivity (Wildman–Crippen MR) is 83.7 cm³/mol. The molecule has 0 saturated carbocycles. The molecule has 6 heteroatoms. The molecule has 22 heavy (non-hydrogen) atoms. The van der Waals surface area contributed by atoms with Crippen molar-refractivity contribution in [1.29, 1.82) is 0 Å². The van der Waals surface area contributed by atoms with Crippen LogP contribution in [0.25, 0.3) is 21.3 Å². The Kier molecular flexibility index (Phi) is 3.77. The molecule has 0 aliphatic rings. The monoisotopic (exact) mass is 313 g/mol. The SMILES string of the molecule is CCC(C(=O)[O-])n1cnc2scc(-c3ccccc3)c2c1=O. The Labute approximate surface area is 130 Å². The summed E-state index contributed by atoms with van der Waals surface area (Å²) >= 11 is 1.37. The molecule has 0 aliphatic carbocycles. The van der Waals surface area contributed by atoms with Crippen LogP contribution in [-0.4, -0.2) is 15.5 Å². The third-order valence-electron chi connectivity index (χ3n) is 3.60. The average Bonchev–Trinajstić information content (AvgIpc) is 2.95. The Morgan fingerprint density at radius 1 is 1.36 bits per heavy atom. The number of rotatable bonds is 4. The zero-order chi connectivity index (χ0) is 15.7. The van der Waals surface area contributed by atoms with Gasteiger partial charge in [0, 0.05) is 10.9 Å². The standard InChI is InChI=1S/C16H14N2O3S/c1-2-12(16(20)21)18-9-17-14-13(15(18)19)11(8-22-14)10-6-4-3-5-7-10/h3-9,12H,2H2,1H3,(H,20,21)/p-1. The van der Waals surface area contributed by atoms with Crippen LogP contribution >= 0.6 is 11.3 Å². The highest BCUT2D eigenvalue weighted by Gasteiger charge is 2.17. The van der Waals surface area contributed by atoms with Gasteiger partial charge in [0.15, 0.2) is 0 Å². The van der Waals surface area contributed by atoms with Gasteiger partial charge >= 0.3 is 0 Å². The number of hydrogen-bond donors (Lipinski definition) is 0. The molecule has 0 fully saturated rings. The van der Waals surface area contributed by atoms with Gasteiger partial charge in [-0.2, -0.15) is 0 Å². The summed E-state index contributed by atoms with van der Waals surface area (Å²) in [7, 11) is 0. The fraction of sp³-hybridized carbons (Fsp3) is 0.188. The Hall–Kier alpha value is -2.47. The van der Waals surface area contributed by atoms with Crippen LogP contribution in [0, 0.1) is 0 Å². The van der Waals surface area contributed by atoms with Crippen LogP contribution in [-0.2, 0) is 4.79 Å². The molecule has 0 N–H and O–H groups in total. The molecular formula is C16H13N2O3S-. The summed E-state index contributed by atoms with van der Waals surface area (Å²) in [4.78, 5) is 28.8. The first-order valence-electron chi connectivity index (χ1n) is 6.88. The first kappa shape index (κ1) is 14.5. The fourth-order valence-electron chi connectivity index (χ4n) is 2.47. The molecule has 0 aliphatic heterocycles. The van der Waals surface area contributed by atoms with Gasteiger partial charge in [-0.1, -0.05) is 37.3 Å². The molecule has 1 aromatic carbocycles. The van der Waals surface area contributed by atoms with Gasteiger partial charge in [-0.25, -0.2) is 4.98 Å². The van der Waals surface area contributed by atoms with Crippen molar-refractivity contribution in [2.24, 2.45) is 0 Å². The minimum Gasteiger partial charge on any atom is -0.548 e. The summed E-state index contributed by atoms with van der Waals surface area (Å²) in [5, 5.41) is 13.5. The first-order valence-corrected chi connectivity index (χ1v) is 7.76. The van der Waals surface area contributed by atoms with Crippen molar-refractivity contribution < 1.29 is 9.90 Å². The minimum atomic E-state index is -1.28. The maximum Gasteiger partial charge on any atom is 0.263 e. The van der Waals surface area contributed by atoms with Crippen molar-refractivity contribution >= 4 is 27.5 Å². The van der Waals surface area contributed by atoms with Crippen molar-refractivity contribution in [3.63, 3.8) is 0 Å². The zero-order valence-electron chi connectivity index (χ0n) is 11.9. The second-order valence-electron chi connectivity index (χ2n) is 4.90. The number of nitrogens with zero attached hydrogens (tertiary/aromatic N) is 2. The van der Waals surface area contributed by atoms with Gasteiger partial charge < -0.3 is 9.90 Å². The lowest BCUT2D eigenvalue weighted by molar-refractivity contribution is -0.310. The quantitative estimate of drug-likeness (QED) is 0.736. The number of thiophene rings is 1. The maximum absolute atomic E-state index is 12.7. The summed E-state index contributed by atoms with van der Waals surface area (Å²) < 4.78 is 1.15. The molecule has 0 saturated heterocycles. The third kappa shape index (κ3) is 2.31. The van der Waals surface area contributed by atoms with E-state index in [2.05, 4.69) is 4.98 Å². The fourth-order valence-corrected chi connectivity index (χ4v) is 3.38. The van der Waals surface area contributed by atoms with Crippen LogP contribution in [0.4, 0.5) is 0 Å². The van der Waals surface area contributed by atoms with Gasteiger partial charge in [0.2, 0.25) is 0 Å². The Bertz CT molecular complexity index is 883. The van der Waals surface area contributed by atoms with Crippen molar-refractivity contribution in [1.82, 2.24) is 9.55 Å². The zero-order valence-corrected chi connectivity index (χ0v) is 12.7. The van der Waals surface area contributed by atoms with Crippen molar-refractivity contribution in [2.45, 2.75) is 19.4 Å². The highest BCUT2D eigenvalue weighted by molar-refractivity contribution is 7.17. The van der Waals surface area contributed by atoms with Gasteiger partial charge in [0.25, 0.3) is 5.56 Å². The van der Waals surface area contributed by atoms with Crippen LogP contribution in [0.3, 0.4) is 0 Å². The lowest BCUT2D eigenvalue weighted by Gasteiger charge is -2.18. The smallest absolute Gasteiger partial charge is 0.263 e. The number of benzene rings is 1. The van der Waals surface area contributed by atoms with Crippen molar-refractivity contribution in [3.8, 4) is 11.1 Å². The largest absolute Gasteiger partial charge is 0.548 e. The molecule has 2 aromatic heterocycles. The molecule has 3 rings (SSSR count). The van der Waals surface area contributed by atoms with Gasteiger partial charge in [-0.3, -0.25) is 9.36 Å². The molecule has 0 radical (unpaired) electrons. The van der Waals surface area contributed by atoms with E-state index in [9.17, 15) is 14.7 Å². The Balaban J connectivity index is 2.27. The second kappa shape index (κ2) is 5.73. The van der Waals surface area contributed by atoms with E-state index in [1.54, 1.807) is 6.92 Å². The van der Waals surface area contributed by atoms with E-state index in [1.807, 2.05) is 35.7 Å². The number of carboxylic acid groups (broad SMARTS) is 1. The van der Waals surface area contributed by atoms with E-state index in [0.717, 1.165) is 15.7 Å². The van der Waals surface area contributed by atoms with Gasteiger partial charge in [0.1, 0.15) is 4.83 Å². The van der Waals surface area contributed by atoms with Crippen LogP contribution in [0.1, 0.15) is 19.4 Å². The van der Waals surface area contributed by atoms with Crippen LogP contribution in [0.2, 0.25) is 0 Å². The molecule has 3 aromatic rings. The molecule has 2 heterocycles. The van der Waals surface area contributed by atoms with Gasteiger partial charge in [0.05, 0.1) is 23.7 Å². The minimum absolute atomic E-state index is 0.264. The summed E-state index contributed by atoms with van der Waals surface area (Å²) in [6, 6.07) is 8.50. The number of carbonyl (C=O) groups is 1. The molecular weight excluding hydrogens is 300 g/mol. The topological polar surface area (TPSA) is 75.0 Å². The van der Waals surface area contributed by atoms with Crippen molar-refractivity contribution in [2.75, 3.05) is 0 Å². The third-order valence-corrected chi connectivity index (χ3v) is 4.49. The number of fused-ring (bicyclic) bond motifs is 1. The van der Waals surface area contributed by atoms with Crippen LogP contribution in [0.15, 0.2) is 46.8 Å². The normalized spacial score (nSPS) is 12.4. The molecule has 1 atom stereocenters. The summed E-state index contributed by atoms with van der Waals surface area (Å²) in [5.74, 6) is -1.28. The number of hydrogen-bond acceptors (Lipinski definition) is 5. The first-order chi connectivity index (χ1) is 10.6. The number of aliphatic carboxylic acids is 1. The number of aromatic nitrogens is 2. The van der Waals surface area contributed by atoms with E-state index in [0.29, 0.717) is 10.2 Å². The van der Waals surface area contributed by atoms with E-state index < -0.39 is 12.0 Å². The maximum atomic E-state index is 12.7. The van der Waals surface area contributed by atoms with Gasteiger partial charge in [-0.05, 0) is 12.0 Å². The Morgan fingerprint density at radius 2 is 2.09 bits per heavy atom. The number of carbonyl (C=O) groups excluding carboxylic acids is 1. The average molecular weight is 313 g/mol. The van der Waals surface area contributed by atoms with E-state index in [-0.39, 0.29) is 12.0 Å². The van der Waals surface area contributed by atoms with Crippen molar-refractivity contribution in [3.05, 3.63) is 52.4 Å². The van der Waals surface area contributed by atoms with E-state index in [4.69, 9.17) is 0 Å². The molecule has 0 amide bonds. The second-order valence-corrected chi connectivity index (χ2v) is 5.75. The summed E-state index contributed by atoms with van der Waals surface area (Å²) in [5.41, 5.74) is 1.34. The molecule has 112 valence electrons. The molecule has 1 unspecified atom stereocenters. The van der Waals surface area contributed by atoms with Gasteiger partial charge in [-0.15, -0.1) is 11.3 Å².